The maximum atomic E-state index is 12.2. The van der Waals surface area contributed by atoms with Crippen LogP contribution in [0.5, 0.6) is 0 Å². The third-order valence-electron chi connectivity index (χ3n) is 3.41. The molecule has 1 saturated heterocycles. The fourth-order valence-corrected chi connectivity index (χ4v) is 3.14. The van der Waals surface area contributed by atoms with Gasteiger partial charge >= 0.3 is 12.1 Å². The van der Waals surface area contributed by atoms with Crippen LogP contribution in [0.25, 0.3) is 0 Å². The van der Waals surface area contributed by atoms with E-state index >= 15 is 0 Å². The van der Waals surface area contributed by atoms with E-state index in [1.54, 1.807) is 17.0 Å². The van der Waals surface area contributed by atoms with Crippen molar-refractivity contribution in [1.82, 2.24) is 10.2 Å². The monoisotopic (exact) mass is 326 g/mol. The normalized spacial score (nSPS) is 17.7. The molecule has 0 saturated carbocycles. The molecule has 7 nitrogen and oxygen atoms in total. The third kappa shape index (κ3) is 3.76. The molecular formula is C14H18N2O5S. The molecule has 2 amide bonds. The number of esters is 1. The molecule has 1 fully saturated rings. The number of nitrogens with zero attached hydrogens (tertiary/aromatic N) is 1. The minimum Gasteiger partial charge on any atom is -0.465 e. The Balaban J connectivity index is 1.95. The molecule has 0 bridgehead atoms. The molecule has 1 aliphatic rings. The number of thiophene rings is 1. The average molecular weight is 326 g/mol. The SMILES string of the molecule is COC(=O)c1ccc(C(=O)NC2CCCN(C(=O)OC)C2)s1. The molecule has 8 heteroatoms. The highest BCUT2D eigenvalue weighted by Crippen LogP contribution is 2.18. The number of carbonyl (C=O) groups is 3. The number of rotatable bonds is 3. The van der Waals surface area contributed by atoms with Crippen LogP contribution in [0.15, 0.2) is 12.1 Å². The van der Waals surface area contributed by atoms with Crippen molar-refractivity contribution in [3.05, 3.63) is 21.9 Å². The first kappa shape index (κ1) is 16.3. The summed E-state index contributed by atoms with van der Waals surface area (Å²) in [6, 6.07) is 3.03. The van der Waals surface area contributed by atoms with Gasteiger partial charge in [-0.05, 0) is 25.0 Å². The molecule has 0 radical (unpaired) electrons. The van der Waals surface area contributed by atoms with Crippen LogP contribution in [0.1, 0.15) is 32.2 Å². The van der Waals surface area contributed by atoms with E-state index in [-0.39, 0.29) is 18.0 Å². The number of piperidine rings is 1. The summed E-state index contributed by atoms with van der Waals surface area (Å²) in [5, 5.41) is 2.88. The van der Waals surface area contributed by atoms with E-state index in [1.165, 1.54) is 14.2 Å². The third-order valence-corrected chi connectivity index (χ3v) is 4.47. The van der Waals surface area contributed by atoms with Gasteiger partial charge in [0, 0.05) is 19.1 Å². The highest BCUT2D eigenvalue weighted by atomic mass is 32.1. The molecule has 0 aromatic carbocycles. The number of likely N-dealkylation sites (tertiary alicyclic amines) is 1. The van der Waals surface area contributed by atoms with Gasteiger partial charge in [0.1, 0.15) is 4.88 Å². The Hall–Kier alpha value is -2.09. The van der Waals surface area contributed by atoms with E-state index in [2.05, 4.69) is 10.1 Å². The molecule has 1 N–H and O–H groups in total. The maximum Gasteiger partial charge on any atom is 0.409 e. The molecule has 2 heterocycles. The number of ether oxygens (including phenoxy) is 2. The number of carbonyl (C=O) groups excluding carboxylic acids is 3. The van der Waals surface area contributed by atoms with Crippen molar-refractivity contribution in [1.29, 1.82) is 0 Å². The van der Waals surface area contributed by atoms with Crippen LogP contribution in [-0.2, 0) is 9.47 Å². The van der Waals surface area contributed by atoms with Gasteiger partial charge in [0.2, 0.25) is 0 Å². The van der Waals surface area contributed by atoms with Gasteiger partial charge in [0.25, 0.3) is 5.91 Å². The van der Waals surface area contributed by atoms with Gasteiger partial charge in [-0.3, -0.25) is 4.79 Å². The number of hydrogen-bond donors (Lipinski definition) is 1. The Bertz CT molecular complexity index is 571. The predicted octanol–water partition coefficient (Wildman–Crippen LogP) is 1.50. The summed E-state index contributed by atoms with van der Waals surface area (Å²) in [7, 11) is 2.63. The van der Waals surface area contributed by atoms with Gasteiger partial charge in [-0.1, -0.05) is 0 Å². The molecule has 1 atom stereocenters. The van der Waals surface area contributed by atoms with E-state index in [1.807, 2.05) is 0 Å². The van der Waals surface area contributed by atoms with Crippen LogP contribution in [0, 0.1) is 0 Å². The number of methoxy groups -OCH3 is 2. The molecule has 1 aliphatic heterocycles. The molecule has 0 aliphatic carbocycles. The lowest BCUT2D eigenvalue weighted by Gasteiger charge is -2.31. The first-order chi connectivity index (χ1) is 10.5. The maximum absolute atomic E-state index is 12.2. The minimum absolute atomic E-state index is 0.121. The highest BCUT2D eigenvalue weighted by molar-refractivity contribution is 7.15. The number of nitrogens with one attached hydrogen (secondary N) is 1. The summed E-state index contributed by atoms with van der Waals surface area (Å²) in [6.07, 6.45) is 1.22. The Morgan fingerprint density at radius 3 is 2.64 bits per heavy atom. The van der Waals surface area contributed by atoms with Crippen molar-refractivity contribution in [2.45, 2.75) is 18.9 Å². The average Bonchev–Trinajstić information content (AvgIpc) is 3.03. The lowest BCUT2D eigenvalue weighted by Crippen LogP contribution is -2.49. The molecular weight excluding hydrogens is 308 g/mol. The molecule has 120 valence electrons. The molecule has 0 spiro atoms. The van der Waals surface area contributed by atoms with E-state index in [0.29, 0.717) is 22.8 Å². The lowest BCUT2D eigenvalue weighted by atomic mass is 10.1. The van der Waals surface area contributed by atoms with E-state index in [0.717, 1.165) is 24.2 Å². The van der Waals surface area contributed by atoms with Gasteiger partial charge in [-0.25, -0.2) is 9.59 Å². The zero-order chi connectivity index (χ0) is 16.1. The van der Waals surface area contributed by atoms with Crippen molar-refractivity contribution in [2.75, 3.05) is 27.3 Å². The lowest BCUT2D eigenvalue weighted by molar-refractivity contribution is 0.0606. The van der Waals surface area contributed by atoms with Gasteiger partial charge in [0.05, 0.1) is 19.1 Å². The van der Waals surface area contributed by atoms with Crippen LogP contribution in [0.3, 0.4) is 0 Å². The van der Waals surface area contributed by atoms with Crippen LogP contribution < -0.4 is 5.32 Å². The fourth-order valence-electron chi connectivity index (χ4n) is 2.32. The summed E-state index contributed by atoms with van der Waals surface area (Å²) in [6.45, 7) is 1.05. The quantitative estimate of drug-likeness (QED) is 0.851. The second-order valence-electron chi connectivity index (χ2n) is 4.88. The van der Waals surface area contributed by atoms with Crippen molar-refractivity contribution < 1.29 is 23.9 Å². The molecule has 1 unspecified atom stereocenters. The Morgan fingerprint density at radius 1 is 1.23 bits per heavy atom. The summed E-state index contributed by atoms with van der Waals surface area (Å²) in [5.74, 6) is -0.713. The first-order valence-corrected chi connectivity index (χ1v) is 7.68. The topological polar surface area (TPSA) is 84.9 Å². The molecule has 1 aromatic rings. The van der Waals surface area contributed by atoms with Crippen molar-refractivity contribution in [3.8, 4) is 0 Å². The zero-order valence-electron chi connectivity index (χ0n) is 12.5. The van der Waals surface area contributed by atoms with E-state index in [9.17, 15) is 14.4 Å². The predicted molar refractivity (Wildman–Crippen MR) is 80.1 cm³/mol. The Kier molecular flexibility index (Phi) is 5.37. The Morgan fingerprint density at radius 2 is 1.95 bits per heavy atom. The summed E-state index contributed by atoms with van der Waals surface area (Å²) >= 11 is 1.08. The van der Waals surface area contributed by atoms with Crippen molar-refractivity contribution in [2.24, 2.45) is 0 Å². The second-order valence-corrected chi connectivity index (χ2v) is 5.97. The van der Waals surface area contributed by atoms with Gasteiger partial charge in [-0.2, -0.15) is 0 Å². The number of amides is 2. The van der Waals surface area contributed by atoms with Crippen LogP contribution in [-0.4, -0.2) is 56.2 Å². The second kappa shape index (κ2) is 7.26. The molecule has 1 aromatic heterocycles. The van der Waals surface area contributed by atoms with Gasteiger partial charge in [-0.15, -0.1) is 11.3 Å². The smallest absolute Gasteiger partial charge is 0.409 e. The van der Waals surface area contributed by atoms with Crippen molar-refractivity contribution >= 4 is 29.3 Å². The Labute approximate surface area is 132 Å². The summed E-state index contributed by atoms with van der Waals surface area (Å²) < 4.78 is 9.31. The van der Waals surface area contributed by atoms with Crippen LogP contribution in [0.4, 0.5) is 4.79 Å². The van der Waals surface area contributed by atoms with Gasteiger partial charge in [0.15, 0.2) is 0 Å². The summed E-state index contributed by atoms with van der Waals surface area (Å²) in [4.78, 5) is 37.5. The minimum atomic E-state index is -0.460. The largest absolute Gasteiger partial charge is 0.465 e. The van der Waals surface area contributed by atoms with Crippen LogP contribution in [0.2, 0.25) is 0 Å². The fraction of sp³-hybridized carbons (Fsp3) is 0.500. The van der Waals surface area contributed by atoms with Crippen LogP contribution >= 0.6 is 11.3 Å². The zero-order valence-corrected chi connectivity index (χ0v) is 13.3. The molecule has 22 heavy (non-hydrogen) atoms. The van der Waals surface area contributed by atoms with Crippen molar-refractivity contribution in [3.63, 3.8) is 0 Å². The van der Waals surface area contributed by atoms with Gasteiger partial charge < -0.3 is 19.7 Å². The van der Waals surface area contributed by atoms with E-state index < -0.39 is 5.97 Å². The summed E-state index contributed by atoms with van der Waals surface area (Å²) in [5.41, 5.74) is 0. The standard InChI is InChI=1S/C14H18N2O5S/c1-20-13(18)11-6-5-10(22-11)12(17)15-9-4-3-7-16(8-9)14(19)21-2/h5-6,9H,3-4,7-8H2,1-2H3,(H,15,17). The van der Waals surface area contributed by atoms with E-state index in [4.69, 9.17) is 4.74 Å². The number of hydrogen-bond acceptors (Lipinski definition) is 6. The molecule has 2 rings (SSSR count). The first-order valence-electron chi connectivity index (χ1n) is 6.87. The highest BCUT2D eigenvalue weighted by Gasteiger charge is 2.26.